The number of rotatable bonds is 4. The Labute approximate surface area is 165 Å². The van der Waals surface area contributed by atoms with Gasteiger partial charge >= 0.3 is 0 Å². The van der Waals surface area contributed by atoms with E-state index in [-0.39, 0.29) is 11.0 Å². The van der Waals surface area contributed by atoms with Crippen LogP contribution in [0.4, 0.5) is 5.69 Å². The van der Waals surface area contributed by atoms with E-state index in [1.807, 2.05) is 54.6 Å². The molecule has 3 aromatic rings. The highest BCUT2D eigenvalue weighted by molar-refractivity contribution is 9.10. The van der Waals surface area contributed by atoms with Crippen molar-refractivity contribution in [3.63, 3.8) is 0 Å². The van der Waals surface area contributed by atoms with Crippen LogP contribution in [0.2, 0.25) is 0 Å². The van der Waals surface area contributed by atoms with Crippen molar-refractivity contribution in [2.45, 2.75) is 0 Å². The normalized spacial score (nSPS) is 10.0. The molecule has 0 spiro atoms. The average molecular weight is 427 g/mol. The van der Waals surface area contributed by atoms with Gasteiger partial charge in [-0.15, -0.1) is 0 Å². The van der Waals surface area contributed by atoms with E-state index in [0.29, 0.717) is 22.7 Å². The Morgan fingerprint density at radius 3 is 2.27 bits per heavy atom. The minimum absolute atomic E-state index is 0.200. The third-order valence-electron chi connectivity index (χ3n) is 3.44. The van der Waals surface area contributed by atoms with E-state index in [9.17, 15) is 4.79 Å². The number of carbonyl (C=O) groups excluding carboxylic acids is 1. The molecule has 0 fully saturated rings. The van der Waals surface area contributed by atoms with Gasteiger partial charge in [0.05, 0.1) is 5.69 Å². The van der Waals surface area contributed by atoms with Crippen molar-refractivity contribution in [1.29, 1.82) is 0 Å². The number of amides is 1. The summed E-state index contributed by atoms with van der Waals surface area (Å²) < 4.78 is 6.87. The molecule has 0 aliphatic rings. The predicted octanol–water partition coefficient (Wildman–Crippen LogP) is 5.37. The summed E-state index contributed by atoms with van der Waals surface area (Å²) in [5.74, 6) is 1.03. The summed E-state index contributed by atoms with van der Waals surface area (Å²) in [6.07, 6.45) is 0. The third kappa shape index (κ3) is 4.91. The lowest BCUT2D eigenvalue weighted by molar-refractivity contribution is 0.0977. The van der Waals surface area contributed by atoms with Crippen LogP contribution in [-0.2, 0) is 0 Å². The smallest absolute Gasteiger partial charge is 0.257 e. The van der Waals surface area contributed by atoms with Gasteiger partial charge in [-0.25, -0.2) is 0 Å². The predicted molar refractivity (Wildman–Crippen MR) is 111 cm³/mol. The van der Waals surface area contributed by atoms with Crippen LogP contribution in [-0.4, -0.2) is 11.0 Å². The van der Waals surface area contributed by atoms with Gasteiger partial charge in [-0.2, -0.15) is 0 Å². The second-order valence-corrected chi connectivity index (χ2v) is 6.65. The summed E-state index contributed by atoms with van der Waals surface area (Å²) in [5.41, 5.74) is 1.20. The Kier molecular flexibility index (Phi) is 5.99. The quantitative estimate of drug-likeness (QED) is 0.550. The molecular weight excluding hydrogens is 412 g/mol. The van der Waals surface area contributed by atoms with E-state index in [2.05, 4.69) is 26.6 Å². The molecule has 0 saturated carbocycles. The molecule has 0 bridgehead atoms. The number of ether oxygens (including phenoxy) is 1. The Bertz CT molecular complexity index is 915. The van der Waals surface area contributed by atoms with Crippen molar-refractivity contribution in [2.75, 3.05) is 5.32 Å². The lowest BCUT2D eigenvalue weighted by Crippen LogP contribution is -2.34. The van der Waals surface area contributed by atoms with Gasteiger partial charge < -0.3 is 10.1 Å². The molecule has 0 heterocycles. The second-order valence-electron chi connectivity index (χ2n) is 5.33. The van der Waals surface area contributed by atoms with Crippen LogP contribution in [0.3, 0.4) is 0 Å². The number of thiocarbonyl (C=S) groups is 1. The van der Waals surface area contributed by atoms with E-state index in [4.69, 9.17) is 17.0 Å². The van der Waals surface area contributed by atoms with Gasteiger partial charge in [-0.05, 0) is 60.7 Å². The molecule has 2 N–H and O–H groups in total. The molecule has 3 rings (SSSR count). The molecule has 0 radical (unpaired) electrons. The first kappa shape index (κ1) is 18.1. The monoisotopic (exact) mass is 426 g/mol. The van der Waals surface area contributed by atoms with Gasteiger partial charge in [-0.1, -0.05) is 46.3 Å². The van der Waals surface area contributed by atoms with Crippen LogP contribution in [0.25, 0.3) is 0 Å². The molecule has 0 aromatic heterocycles. The lowest BCUT2D eigenvalue weighted by atomic mass is 10.2. The maximum absolute atomic E-state index is 12.2. The molecule has 0 aliphatic heterocycles. The molecular formula is C20H15BrN2O2S. The van der Waals surface area contributed by atoms with Crippen LogP contribution >= 0.6 is 28.1 Å². The summed E-state index contributed by atoms with van der Waals surface area (Å²) in [4.78, 5) is 12.2. The SMILES string of the molecule is O=C(NC(=S)Nc1ccccc1Oc1ccc(Br)cc1)c1ccccc1. The van der Waals surface area contributed by atoms with Gasteiger partial charge in [0.2, 0.25) is 0 Å². The van der Waals surface area contributed by atoms with Crippen LogP contribution in [0.5, 0.6) is 11.5 Å². The van der Waals surface area contributed by atoms with Gasteiger partial charge in [0.15, 0.2) is 10.9 Å². The van der Waals surface area contributed by atoms with Crippen molar-refractivity contribution in [3.05, 3.63) is 88.9 Å². The van der Waals surface area contributed by atoms with Crippen LogP contribution in [0.15, 0.2) is 83.3 Å². The van der Waals surface area contributed by atoms with Crippen molar-refractivity contribution in [3.8, 4) is 11.5 Å². The maximum atomic E-state index is 12.2. The Hall–Kier alpha value is -2.70. The zero-order chi connectivity index (χ0) is 18.4. The van der Waals surface area contributed by atoms with Gasteiger partial charge in [-0.3, -0.25) is 10.1 Å². The standard InChI is InChI=1S/C20H15BrN2O2S/c21-15-10-12-16(13-11-15)25-18-9-5-4-8-17(18)22-20(26)23-19(24)14-6-2-1-3-7-14/h1-13H,(H2,22,23,24,26). The van der Waals surface area contributed by atoms with E-state index in [0.717, 1.165) is 4.47 Å². The Morgan fingerprint density at radius 1 is 0.885 bits per heavy atom. The van der Waals surface area contributed by atoms with E-state index >= 15 is 0 Å². The average Bonchev–Trinajstić information content (AvgIpc) is 2.66. The summed E-state index contributed by atoms with van der Waals surface area (Å²) in [7, 11) is 0. The minimum Gasteiger partial charge on any atom is -0.455 e. The number of nitrogens with one attached hydrogen (secondary N) is 2. The lowest BCUT2D eigenvalue weighted by Gasteiger charge is -2.14. The number of benzene rings is 3. The molecule has 0 saturated heterocycles. The van der Waals surface area contributed by atoms with Crippen LogP contribution in [0.1, 0.15) is 10.4 Å². The highest BCUT2D eigenvalue weighted by Crippen LogP contribution is 2.29. The van der Waals surface area contributed by atoms with E-state index in [1.165, 1.54) is 0 Å². The first-order valence-corrected chi connectivity index (χ1v) is 9.02. The van der Waals surface area contributed by atoms with E-state index < -0.39 is 0 Å². The fraction of sp³-hybridized carbons (Fsp3) is 0. The first-order chi connectivity index (χ1) is 12.6. The van der Waals surface area contributed by atoms with Gasteiger partial charge in [0.1, 0.15) is 5.75 Å². The molecule has 1 amide bonds. The Balaban J connectivity index is 1.68. The molecule has 6 heteroatoms. The fourth-order valence-electron chi connectivity index (χ4n) is 2.21. The molecule has 0 atom stereocenters. The largest absolute Gasteiger partial charge is 0.455 e. The molecule has 0 aliphatic carbocycles. The zero-order valence-electron chi connectivity index (χ0n) is 13.6. The maximum Gasteiger partial charge on any atom is 0.257 e. The number of para-hydroxylation sites is 2. The minimum atomic E-state index is -0.269. The summed E-state index contributed by atoms with van der Waals surface area (Å²) >= 11 is 8.64. The first-order valence-electron chi connectivity index (χ1n) is 7.81. The highest BCUT2D eigenvalue weighted by Gasteiger charge is 2.10. The summed E-state index contributed by atoms with van der Waals surface area (Å²) in [5, 5.41) is 5.87. The number of halogens is 1. The number of carbonyl (C=O) groups is 1. The number of hydrogen-bond acceptors (Lipinski definition) is 3. The molecule has 26 heavy (non-hydrogen) atoms. The molecule has 3 aromatic carbocycles. The molecule has 130 valence electrons. The van der Waals surface area contributed by atoms with Crippen LogP contribution in [0, 0.1) is 0 Å². The number of anilines is 1. The van der Waals surface area contributed by atoms with Crippen molar-refractivity contribution in [2.24, 2.45) is 0 Å². The third-order valence-corrected chi connectivity index (χ3v) is 4.17. The highest BCUT2D eigenvalue weighted by atomic mass is 79.9. The fourth-order valence-corrected chi connectivity index (χ4v) is 2.67. The second kappa shape index (κ2) is 8.60. The molecule has 4 nitrogen and oxygen atoms in total. The number of hydrogen-bond donors (Lipinski definition) is 2. The zero-order valence-corrected chi connectivity index (χ0v) is 16.0. The molecule has 0 unspecified atom stereocenters. The van der Waals surface area contributed by atoms with Crippen LogP contribution < -0.4 is 15.4 Å². The van der Waals surface area contributed by atoms with Crippen molar-refractivity contribution < 1.29 is 9.53 Å². The summed E-state index contributed by atoms with van der Waals surface area (Å²) in [6, 6.07) is 23.8. The van der Waals surface area contributed by atoms with Gasteiger partial charge in [0, 0.05) is 10.0 Å². The van der Waals surface area contributed by atoms with Gasteiger partial charge in [0.25, 0.3) is 5.91 Å². The Morgan fingerprint density at radius 2 is 1.54 bits per heavy atom. The van der Waals surface area contributed by atoms with Crippen molar-refractivity contribution >= 4 is 44.9 Å². The van der Waals surface area contributed by atoms with Crippen molar-refractivity contribution in [1.82, 2.24) is 5.32 Å². The summed E-state index contributed by atoms with van der Waals surface area (Å²) in [6.45, 7) is 0. The topological polar surface area (TPSA) is 50.4 Å². The van der Waals surface area contributed by atoms with E-state index in [1.54, 1.807) is 24.3 Å².